The van der Waals surface area contributed by atoms with Crippen molar-refractivity contribution in [3.8, 4) is 5.75 Å². The highest BCUT2D eigenvalue weighted by atomic mass is 35.5. The molecule has 0 unspecified atom stereocenters. The molecule has 154 valence electrons. The number of halogens is 1. The minimum absolute atomic E-state index is 0.296. The summed E-state index contributed by atoms with van der Waals surface area (Å²) < 4.78 is 0. The molecule has 0 aliphatic carbocycles. The van der Waals surface area contributed by atoms with Gasteiger partial charge in [0.05, 0.1) is 10.6 Å². The lowest BCUT2D eigenvalue weighted by molar-refractivity contribution is -0.385. The molecular weight excluding hydrogens is 400 g/mol. The summed E-state index contributed by atoms with van der Waals surface area (Å²) in [5.74, 6) is -0.0690. The Balaban J connectivity index is 2.02. The van der Waals surface area contributed by atoms with Crippen LogP contribution in [0.5, 0.6) is 5.75 Å². The largest absolute Gasteiger partial charge is 0.502 e. The quantitative estimate of drug-likeness (QED) is 0.258. The summed E-state index contributed by atoms with van der Waals surface area (Å²) in [6, 6.07) is 18.2. The van der Waals surface area contributed by atoms with Crippen LogP contribution in [-0.4, -0.2) is 16.2 Å². The third kappa shape index (κ3) is 4.86. The number of para-hydroxylation sites is 1. The molecule has 0 amide bonds. The molecule has 1 atom stereocenters. The Kier molecular flexibility index (Phi) is 6.85. The van der Waals surface area contributed by atoms with Crippen LogP contribution < -0.4 is 0 Å². The van der Waals surface area contributed by atoms with Gasteiger partial charge in [-0.25, -0.2) is 0 Å². The van der Waals surface area contributed by atoms with Gasteiger partial charge in [0.15, 0.2) is 0 Å². The molecule has 5 nitrogen and oxygen atoms in total. The number of aliphatic imine (C=N–C) groups is 1. The van der Waals surface area contributed by atoms with Crippen LogP contribution in [0.2, 0.25) is 5.02 Å². The Hall–Kier alpha value is -3.18. The Bertz CT molecular complexity index is 1100. The van der Waals surface area contributed by atoms with E-state index in [9.17, 15) is 15.2 Å². The van der Waals surface area contributed by atoms with Gasteiger partial charge in [0, 0.05) is 22.9 Å². The van der Waals surface area contributed by atoms with E-state index in [1.807, 2.05) is 42.5 Å². The third-order valence-corrected chi connectivity index (χ3v) is 5.52. The second kappa shape index (κ2) is 9.55. The van der Waals surface area contributed by atoms with Crippen LogP contribution in [0.4, 0.5) is 11.4 Å². The SMILES string of the molecule is CC[C@@H](C)c1ccccc1N=Cc1cc(Cc2ccccc2Cl)cc([N+](=O)[O-])c1O. The molecule has 0 saturated carbocycles. The lowest BCUT2D eigenvalue weighted by atomic mass is 9.97. The molecule has 0 fully saturated rings. The highest BCUT2D eigenvalue weighted by Crippen LogP contribution is 2.33. The summed E-state index contributed by atoms with van der Waals surface area (Å²) in [6.45, 7) is 4.24. The lowest BCUT2D eigenvalue weighted by Gasteiger charge is -2.12. The standard InChI is InChI=1S/C24H23ClN2O3/c1-3-16(2)20-9-5-7-11-22(20)26-15-19-13-17(14-23(24(19)28)27(29)30)12-18-8-4-6-10-21(18)25/h4-11,13-16,28H,3,12H2,1-2H3/t16-/m1/s1. The number of rotatable bonds is 7. The minimum Gasteiger partial charge on any atom is -0.502 e. The summed E-state index contributed by atoms with van der Waals surface area (Å²) in [5.41, 5.74) is 3.35. The van der Waals surface area contributed by atoms with E-state index < -0.39 is 10.7 Å². The zero-order valence-corrected chi connectivity index (χ0v) is 17.6. The second-order valence-corrected chi connectivity index (χ2v) is 7.61. The second-order valence-electron chi connectivity index (χ2n) is 7.20. The van der Waals surface area contributed by atoms with Crippen LogP contribution in [0.3, 0.4) is 0 Å². The van der Waals surface area contributed by atoms with Gasteiger partial charge in [-0.2, -0.15) is 0 Å². The maximum atomic E-state index is 11.5. The summed E-state index contributed by atoms with van der Waals surface area (Å²) in [4.78, 5) is 15.4. The van der Waals surface area contributed by atoms with E-state index >= 15 is 0 Å². The number of nitrogens with zero attached hydrogens (tertiary/aromatic N) is 2. The van der Waals surface area contributed by atoms with Gasteiger partial charge >= 0.3 is 5.69 Å². The van der Waals surface area contributed by atoms with E-state index in [2.05, 4.69) is 18.8 Å². The highest BCUT2D eigenvalue weighted by molar-refractivity contribution is 6.31. The molecule has 0 aliphatic heterocycles. The van der Waals surface area contributed by atoms with E-state index in [0.29, 0.717) is 28.5 Å². The van der Waals surface area contributed by atoms with Gasteiger partial charge in [0.25, 0.3) is 0 Å². The summed E-state index contributed by atoms with van der Waals surface area (Å²) in [7, 11) is 0. The molecule has 6 heteroatoms. The number of hydrogen-bond acceptors (Lipinski definition) is 4. The molecular formula is C24H23ClN2O3. The van der Waals surface area contributed by atoms with Crippen LogP contribution in [0.1, 0.15) is 48.4 Å². The van der Waals surface area contributed by atoms with E-state index in [1.165, 1.54) is 12.3 Å². The first kappa shape index (κ1) is 21.5. The molecule has 0 bridgehead atoms. The average molecular weight is 423 g/mol. The number of benzene rings is 3. The Morgan fingerprint density at radius 1 is 1.17 bits per heavy atom. The first-order valence-corrected chi connectivity index (χ1v) is 10.1. The maximum absolute atomic E-state index is 11.5. The average Bonchev–Trinajstić information content (AvgIpc) is 2.74. The smallest absolute Gasteiger partial charge is 0.311 e. The maximum Gasteiger partial charge on any atom is 0.311 e. The van der Waals surface area contributed by atoms with Crippen molar-refractivity contribution in [2.45, 2.75) is 32.6 Å². The van der Waals surface area contributed by atoms with Gasteiger partial charge in [0.2, 0.25) is 5.75 Å². The van der Waals surface area contributed by atoms with Crippen LogP contribution in [-0.2, 0) is 6.42 Å². The van der Waals surface area contributed by atoms with Gasteiger partial charge in [-0.15, -0.1) is 0 Å². The Labute approximate surface area is 180 Å². The van der Waals surface area contributed by atoms with Gasteiger partial charge in [-0.05, 0) is 53.6 Å². The van der Waals surface area contributed by atoms with Crippen LogP contribution in [0.15, 0.2) is 65.7 Å². The first-order chi connectivity index (χ1) is 14.4. The predicted molar refractivity (Wildman–Crippen MR) is 121 cm³/mol. The van der Waals surface area contributed by atoms with Crippen LogP contribution in [0.25, 0.3) is 0 Å². The van der Waals surface area contributed by atoms with Crippen molar-refractivity contribution in [2.75, 3.05) is 0 Å². The van der Waals surface area contributed by atoms with Crippen molar-refractivity contribution in [1.29, 1.82) is 0 Å². The van der Waals surface area contributed by atoms with Crippen molar-refractivity contribution >= 4 is 29.2 Å². The first-order valence-electron chi connectivity index (χ1n) is 9.77. The number of phenolic OH excluding ortho intramolecular Hbond substituents is 1. The van der Waals surface area contributed by atoms with Gasteiger partial charge < -0.3 is 5.11 Å². The number of nitro benzene ring substituents is 1. The number of hydrogen-bond donors (Lipinski definition) is 1. The van der Waals surface area contributed by atoms with E-state index in [4.69, 9.17) is 11.6 Å². The van der Waals surface area contributed by atoms with Crippen molar-refractivity contribution in [3.05, 3.63) is 98.1 Å². The highest BCUT2D eigenvalue weighted by Gasteiger charge is 2.19. The number of nitro groups is 1. The van der Waals surface area contributed by atoms with Gasteiger partial charge in [-0.3, -0.25) is 15.1 Å². The van der Waals surface area contributed by atoms with Crippen LogP contribution in [0, 0.1) is 10.1 Å². The van der Waals surface area contributed by atoms with Crippen molar-refractivity contribution in [1.82, 2.24) is 0 Å². The Morgan fingerprint density at radius 3 is 2.57 bits per heavy atom. The fraction of sp³-hybridized carbons (Fsp3) is 0.208. The molecule has 3 aromatic rings. The zero-order chi connectivity index (χ0) is 21.7. The molecule has 30 heavy (non-hydrogen) atoms. The van der Waals surface area contributed by atoms with E-state index in [0.717, 1.165) is 23.2 Å². The molecule has 3 rings (SSSR count). The van der Waals surface area contributed by atoms with E-state index in [1.54, 1.807) is 12.1 Å². The van der Waals surface area contributed by atoms with Gasteiger partial charge in [-0.1, -0.05) is 61.8 Å². The van der Waals surface area contributed by atoms with Crippen LogP contribution >= 0.6 is 11.6 Å². The fourth-order valence-electron chi connectivity index (χ4n) is 3.28. The molecule has 0 aliphatic rings. The number of phenols is 1. The molecule has 0 spiro atoms. The molecule has 3 aromatic carbocycles. The minimum atomic E-state index is -0.587. The van der Waals surface area contributed by atoms with Crippen molar-refractivity contribution < 1.29 is 10.0 Å². The Morgan fingerprint density at radius 2 is 1.87 bits per heavy atom. The monoisotopic (exact) mass is 422 g/mol. The molecule has 1 N–H and O–H groups in total. The van der Waals surface area contributed by atoms with E-state index in [-0.39, 0.29) is 5.69 Å². The molecule has 0 aromatic heterocycles. The normalized spacial score (nSPS) is 12.2. The fourth-order valence-corrected chi connectivity index (χ4v) is 3.49. The summed E-state index contributed by atoms with van der Waals surface area (Å²) >= 11 is 6.24. The summed E-state index contributed by atoms with van der Waals surface area (Å²) in [6.07, 6.45) is 2.86. The molecule has 0 saturated heterocycles. The third-order valence-electron chi connectivity index (χ3n) is 5.15. The lowest BCUT2D eigenvalue weighted by Crippen LogP contribution is -1.98. The van der Waals surface area contributed by atoms with Crippen molar-refractivity contribution in [2.24, 2.45) is 4.99 Å². The molecule has 0 heterocycles. The molecule has 0 radical (unpaired) electrons. The predicted octanol–water partition coefficient (Wildman–Crippen LogP) is 6.81. The van der Waals surface area contributed by atoms with Gasteiger partial charge in [0.1, 0.15) is 0 Å². The topological polar surface area (TPSA) is 75.7 Å². The zero-order valence-electron chi connectivity index (χ0n) is 16.9. The van der Waals surface area contributed by atoms with Crippen molar-refractivity contribution in [3.63, 3.8) is 0 Å². The number of aromatic hydroxyl groups is 1. The summed E-state index contributed by atoms with van der Waals surface area (Å²) in [5, 5.41) is 22.5.